The van der Waals surface area contributed by atoms with Crippen LogP contribution in [0.1, 0.15) is 0 Å². The van der Waals surface area contributed by atoms with Gasteiger partial charge in [0, 0.05) is 26.2 Å². The summed E-state index contributed by atoms with van der Waals surface area (Å²) in [6.07, 6.45) is 2.83. The summed E-state index contributed by atoms with van der Waals surface area (Å²) in [5.74, 6) is 0.184. The molecular formula is C19H11Br2N5O3. The van der Waals surface area contributed by atoms with Crippen molar-refractivity contribution in [1.29, 1.82) is 0 Å². The van der Waals surface area contributed by atoms with Crippen LogP contribution >= 0.6 is 31.9 Å². The van der Waals surface area contributed by atoms with E-state index in [4.69, 9.17) is 4.74 Å². The molecule has 144 valence electrons. The Morgan fingerprint density at radius 1 is 1.03 bits per heavy atom. The Bertz CT molecular complexity index is 1240. The normalized spacial score (nSPS) is 10.7. The predicted octanol–water partition coefficient (Wildman–Crippen LogP) is 5.99. The summed E-state index contributed by atoms with van der Waals surface area (Å²) in [7, 11) is 0. The summed E-state index contributed by atoms with van der Waals surface area (Å²) >= 11 is 6.83. The SMILES string of the molecule is O=[N+]([O-])c1c(Nc2cccc(Br)c2)ncnc1Oc1ccc(Br)c2cccnc12. The van der Waals surface area contributed by atoms with Crippen LogP contribution in [0.25, 0.3) is 10.9 Å². The number of ether oxygens (including phenoxy) is 1. The largest absolute Gasteiger partial charge is 0.431 e. The van der Waals surface area contributed by atoms with Crippen molar-refractivity contribution in [3.05, 3.63) is 80.1 Å². The van der Waals surface area contributed by atoms with Crippen LogP contribution in [0.5, 0.6) is 11.6 Å². The van der Waals surface area contributed by atoms with Crippen molar-refractivity contribution in [2.24, 2.45) is 0 Å². The van der Waals surface area contributed by atoms with Crippen molar-refractivity contribution in [2.75, 3.05) is 5.32 Å². The zero-order chi connectivity index (χ0) is 20.4. The van der Waals surface area contributed by atoms with Gasteiger partial charge in [0.15, 0.2) is 5.75 Å². The molecule has 8 nitrogen and oxygen atoms in total. The highest BCUT2D eigenvalue weighted by Gasteiger charge is 2.26. The van der Waals surface area contributed by atoms with Gasteiger partial charge in [0.25, 0.3) is 0 Å². The first-order valence-corrected chi connectivity index (χ1v) is 9.84. The van der Waals surface area contributed by atoms with Gasteiger partial charge in [0.2, 0.25) is 5.82 Å². The van der Waals surface area contributed by atoms with Gasteiger partial charge >= 0.3 is 11.6 Å². The molecule has 0 fully saturated rings. The standard InChI is InChI=1S/C19H11Br2N5O3/c20-11-3-1-4-12(9-11)25-18-17(26(27)28)19(24-10-23-18)29-15-7-6-14(21)13-5-2-8-22-16(13)15/h1-10H,(H,23,24,25). The molecule has 0 unspecified atom stereocenters. The maximum absolute atomic E-state index is 11.8. The highest BCUT2D eigenvalue weighted by atomic mass is 79.9. The number of nitrogens with zero attached hydrogens (tertiary/aromatic N) is 4. The minimum Gasteiger partial charge on any atom is -0.431 e. The lowest BCUT2D eigenvalue weighted by atomic mass is 10.2. The Balaban J connectivity index is 1.77. The molecule has 0 bridgehead atoms. The molecule has 0 saturated heterocycles. The van der Waals surface area contributed by atoms with Crippen LogP contribution in [0.3, 0.4) is 0 Å². The summed E-state index contributed by atoms with van der Waals surface area (Å²) in [6, 6.07) is 14.3. The van der Waals surface area contributed by atoms with Crippen LogP contribution in [0.2, 0.25) is 0 Å². The van der Waals surface area contributed by atoms with E-state index in [2.05, 4.69) is 52.1 Å². The number of hydrogen-bond donors (Lipinski definition) is 1. The molecule has 4 rings (SSSR count). The number of benzene rings is 2. The van der Waals surface area contributed by atoms with Crippen molar-refractivity contribution in [3.8, 4) is 11.6 Å². The fourth-order valence-electron chi connectivity index (χ4n) is 2.69. The van der Waals surface area contributed by atoms with Crippen molar-refractivity contribution in [3.63, 3.8) is 0 Å². The van der Waals surface area contributed by atoms with E-state index < -0.39 is 4.92 Å². The van der Waals surface area contributed by atoms with Crippen LogP contribution in [-0.4, -0.2) is 19.9 Å². The number of fused-ring (bicyclic) bond motifs is 1. The van der Waals surface area contributed by atoms with Gasteiger partial charge in [-0.15, -0.1) is 0 Å². The van der Waals surface area contributed by atoms with Crippen LogP contribution in [-0.2, 0) is 0 Å². The fourth-order valence-corrected chi connectivity index (χ4v) is 3.55. The van der Waals surface area contributed by atoms with Crippen LogP contribution < -0.4 is 10.1 Å². The molecule has 0 amide bonds. The van der Waals surface area contributed by atoms with Crippen LogP contribution in [0.15, 0.2) is 70.0 Å². The van der Waals surface area contributed by atoms with Gasteiger partial charge in [-0.05, 0) is 36.4 Å². The van der Waals surface area contributed by atoms with E-state index in [1.54, 1.807) is 42.6 Å². The van der Waals surface area contributed by atoms with E-state index in [1.165, 1.54) is 6.33 Å². The van der Waals surface area contributed by atoms with Crippen LogP contribution in [0.4, 0.5) is 17.2 Å². The van der Waals surface area contributed by atoms with Gasteiger partial charge in [-0.1, -0.05) is 44.0 Å². The van der Waals surface area contributed by atoms with Gasteiger partial charge in [-0.2, -0.15) is 4.98 Å². The Morgan fingerprint density at radius 3 is 2.69 bits per heavy atom. The monoisotopic (exact) mass is 515 g/mol. The first-order chi connectivity index (χ1) is 14.0. The molecule has 0 radical (unpaired) electrons. The van der Waals surface area contributed by atoms with Crippen molar-refractivity contribution in [2.45, 2.75) is 0 Å². The Hall–Kier alpha value is -3.11. The van der Waals surface area contributed by atoms with E-state index in [0.29, 0.717) is 17.0 Å². The van der Waals surface area contributed by atoms with Crippen molar-refractivity contribution >= 4 is 60.0 Å². The summed E-state index contributed by atoms with van der Waals surface area (Å²) in [4.78, 5) is 23.5. The molecular weight excluding hydrogens is 506 g/mol. The van der Waals surface area contributed by atoms with Gasteiger partial charge in [-0.3, -0.25) is 15.1 Å². The molecule has 0 aliphatic carbocycles. The number of anilines is 2. The molecule has 10 heteroatoms. The smallest absolute Gasteiger partial charge is 0.373 e. The minimum absolute atomic E-state index is 0.0208. The fraction of sp³-hybridized carbons (Fsp3) is 0. The Kier molecular flexibility index (Phi) is 5.36. The molecule has 2 heterocycles. The quantitative estimate of drug-likeness (QED) is 0.256. The zero-order valence-corrected chi connectivity index (χ0v) is 17.7. The highest BCUT2D eigenvalue weighted by Crippen LogP contribution is 2.38. The summed E-state index contributed by atoms with van der Waals surface area (Å²) in [6.45, 7) is 0. The van der Waals surface area contributed by atoms with E-state index in [0.717, 1.165) is 14.3 Å². The second-order valence-corrected chi connectivity index (χ2v) is 7.59. The number of nitrogens with one attached hydrogen (secondary N) is 1. The zero-order valence-electron chi connectivity index (χ0n) is 14.5. The third-order valence-corrected chi connectivity index (χ3v) is 5.13. The lowest BCUT2D eigenvalue weighted by Gasteiger charge is -2.11. The third kappa shape index (κ3) is 4.03. The van der Waals surface area contributed by atoms with Crippen molar-refractivity contribution < 1.29 is 9.66 Å². The lowest BCUT2D eigenvalue weighted by Crippen LogP contribution is -2.04. The summed E-state index contributed by atoms with van der Waals surface area (Å²) in [5.41, 5.74) is 0.804. The van der Waals surface area contributed by atoms with Gasteiger partial charge in [-0.25, -0.2) is 4.98 Å². The molecule has 2 aromatic carbocycles. The second-order valence-electron chi connectivity index (χ2n) is 5.82. The molecule has 29 heavy (non-hydrogen) atoms. The summed E-state index contributed by atoms with van der Waals surface area (Å²) < 4.78 is 7.47. The number of halogens is 2. The first kappa shape index (κ1) is 19.2. The maximum Gasteiger partial charge on any atom is 0.373 e. The maximum atomic E-state index is 11.8. The number of aromatic nitrogens is 3. The van der Waals surface area contributed by atoms with E-state index >= 15 is 0 Å². The molecule has 1 N–H and O–H groups in total. The van der Waals surface area contributed by atoms with Gasteiger partial charge in [0.1, 0.15) is 11.8 Å². The Labute approximate surface area is 181 Å². The number of pyridine rings is 1. The third-order valence-electron chi connectivity index (χ3n) is 3.94. The second kappa shape index (κ2) is 8.10. The molecule has 4 aromatic rings. The highest BCUT2D eigenvalue weighted by molar-refractivity contribution is 9.11. The van der Waals surface area contributed by atoms with E-state index in [1.807, 2.05) is 12.1 Å². The average Bonchev–Trinajstić information content (AvgIpc) is 2.70. The lowest BCUT2D eigenvalue weighted by molar-refractivity contribution is -0.385. The molecule has 0 spiro atoms. The first-order valence-electron chi connectivity index (χ1n) is 8.26. The average molecular weight is 517 g/mol. The van der Waals surface area contributed by atoms with Crippen LogP contribution in [0, 0.1) is 10.1 Å². The summed E-state index contributed by atoms with van der Waals surface area (Å²) in [5, 5.41) is 15.5. The molecule has 0 saturated carbocycles. The molecule has 2 aromatic heterocycles. The minimum atomic E-state index is -0.579. The molecule has 0 atom stereocenters. The van der Waals surface area contributed by atoms with Gasteiger partial charge < -0.3 is 10.1 Å². The van der Waals surface area contributed by atoms with Gasteiger partial charge in [0.05, 0.1) is 4.92 Å². The Morgan fingerprint density at radius 2 is 1.90 bits per heavy atom. The van der Waals surface area contributed by atoms with E-state index in [9.17, 15) is 10.1 Å². The molecule has 0 aliphatic heterocycles. The topological polar surface area (TPSA) is 103 Å². The predicted molar refractivity (Wildman–Crippen MR) is 116 cm³/mol. The van der Waals surface area contributed by atoms with E-state index in [-0.39, 0.29) is 17.4 Å². The number of hydrogen-bond acceptors (Lipinski definition) is 7. The number of nitro groups is 1. The van der Waals surface area contributed by atoms with Crippen molar-refractivity contribution in [1.82, 2.24) is 15.0 Å². The molecule has 0 aliphatic rings. The number of rotatable bonds is 5.